The summed E-state index contributed by atoms with van der Waals surface area (Å²) in [4.78, 5) is 14.7. The Balaban J connectivity index is 2.38. The first-order valence-corrected chi connectivity index (χ1v) is 7.90. The van der Waals surface area contributed by atoms with Crippen molar-refractivity contribution in [3.8, 4) is 17.2 Å². The fourth-order valence-corrected chi connectivity index (χ4v) is 2.24. The monoisotopic (exact) mass is 361 g/mol. The van der Waals surface area contributed by atoms with Crippen LogP contribution in [0, 0.1) is 0 Å². The number of hydrogen-bond acceptors (Lipinski definition) is 5. The summed E-state index contributed by atoms with van der Waals surface area (Å²) in [5.41, 5.74) is 0.380. The van der Waals surface area contributed by atoms with E-state index in [1.807, 2.05) is 14.1 Å². The molecule has 0 atom stereocenters. The number of halogens is 1. The third-order valence-electron chi connectivity index (χ3n) is 3.29. The minimum absolute atomic E-state index is 0.163. The zero-order chi connectivity index (χ0) is 18.4. The number of Topliss-reactive ketones (excluding diaryl/α,β-unsaturated/α-hetero) is 1. The topological polar surface area (TPSA) is 48.0 Å². The van der Waals surface area contributed by atoms with E-state index in [0.717, 1.165) is 0 Å². The summed E-state index contributed by atoms with van der Waals surface area (Å²) < 4.78 is 16.3. The second kappa shape index (κ2) is 8.44. The van der Waals surface area contributed by atoms with Crippen molar-refractivity contribution in [2.45, 2.75) is 0 Å². The first-order valence-electron chi connectivity index (χ1n) is 7.53. The van der Waals surface area contributed by atoms with Crippen molar-refractivity contribution >= 4 is 17.4 Å². The molecule has 0 aromatic heterocycles. The minimum atomic E-state index is -0.303. The van der Waals surface area contributed by atoms with Crippen molar-refractivity contribution in [2.75, 3.05) is 28.3 Å². The van der Waals surface area contributed by atoms with Crippen LogP contribution < -0.4 is 14.2 Å². The predicted molar refractivity (Wildman–Crippen MR) is 97.7 cm³/mol. The Bertz CT molecular complexity index is 769. The Hall–Kier alpha value is -2.66. The van der Waals surface area contributed by atoms with Crippen LogP contribution in [0.15, 0.2) is 54.4 Å². The molecule has 0 spiro atoms. The summed E-state index contributed by atoms with van der Waals surface area (Å²) in [5.74, 6) is 1.39. The molecular weight excluding hydrogens is 342 g/mol. The number of ketones is 1. The molecule has 0 bridgehead atoms. The van der Waals surface area contributed by atoms with Gasteiger partial charge in [0.1, 0.15) is 17.2 Å². The molecule has 0 aliphatic heterocycles. The summed E-state index contributed by atoms with van der Waals surface area (Å²) in [5, 5.41) is 0.591. The van der Waals surface area contributed by atoms with E-state index < -0.39 is 0 Å². The number of methoxy groups -OCH3 is 2. The van der Waals surface area contributed by atoms with Crippen molar-refractivity contribution in [2.24, 2.45) is 0 Å². The number of benzene rings is 2. The molecule has 5 nitrogen and oxygen atoms in total. The summed E-state index contributed by atoms with van der Waals surface area (Å²) >= 11 is 5.89. The summed E-state index contributed by atoms with van der Waals surface area (Å²) in [6.45, 7) is 0. The number of carbonyl (C=O) groups is 1. The van der Waals surface area contributed by atoms with E-state index in [1.165, 1.54) is 7.11 Å². The van der Waals surface area contributed by atoms with E-state index in [-0.39, 0.29) is 11.5 Å². The molecule has 0 aliphatic rings. The van der Waals surface area contributed by atoms with Gasteiger partial charge in [0.15, 0.2) is 5.76 Å². The Kier molecular flexibility index (Phi) is 6.31. The lowest BCUT2D eigenvalue weighted by atomic mass is 10.1. The highest BCUT2D eigenvalue weighted by Gasteiger charge is 2.20. The molecule has 2 rings (SSSR count). The normalized spacial score (nSPS) is 11.0. The predicted octanol–water partition coefficient (Wildman–Crippen LogP) is 4.02. The van der Waals surface area contributed by atoms with Gasteiger partial charge in [-0.15, -0.1) is 0 Å². The lowest BCUT2D eigenvalue weighted by Gasteiger charge is -2.15. The van der Waals surface area contributed by atoms with E-state index in [0.29, 0.717) is 27.8 Å². The molecule has 0 amide bonds. The minimum Gasteiger partial charge on any atom is -0.497 e. The van der Waals surface area contributed by atoms with Gasteiger partial charge in [-0.3, -0.25) is 4.79 Å². The molecule has 2 aromatic rings. The van der Waals surface area contributed by atoms with Crippen LogP contribution in [-0.2, 0) is 0 Å². The van der Waals surface area contributed by atoms with Crippen molar-refractivity contribution in [3.05, 3.63) is 65.0 Å². The fraction of sp³-hybridized carbons (Fsp3) is 0.211. The van der Waals surface area contributed by atoms with Crippen LogP contribution in [0.2, 0.25) is 5.02 Å². The Morgan fingerprint density at radius 3 is 2.20 bits per heavy atom. The SMILES string of the molecule is COc1ccc(C(=O)/C(=C/N(C)C)Oc2ccc(Cl)cc2)c(OC)c1. The van der Waals surface area contributed by atoms with Crippen LogP contribution in [0.3, 0.4) is 0 Å². The van der Waals surface area contributed by atoms with Crippen molar-refractivity contribution in [1.82, 2.24) is 4.90 Å². The van der Waals surface area contributed by atoms with E-state index in [9.17, 15) is 4.79 Å². The second-order valence-corrected chi connectivity index (χ2v) is 5.84. The second-order valence-electron chi connectivity index (χ2n) is 5.41. The molecule has 0 saturated carbocycles. The summed E-state index contributed by atoms with van der Waals surface area (Å²) in [7, 11) is 6.67. The quantitative estimate of drug-likeness (QED) is 0.423. The van der Waals surface area contributed by atoms with Crippen LogP contribution in [0.1, 0.15) is 10.4 Å². The maximum absolute atomic E-state index is 13.0. The first kappa shape index (κ1) is 18.7. The van der Waals surface area contributed by atoms with Crippen LogP contribution in [0.4, 0.5) is 0 Å². The number of ether oxygens (including phenoxy) is 3. The van der Waals surface area contributed by atoms with E-state index in [1.54, 1.807) is 60.7 Å². The Morgan fingerprint density at radius 2 is 1.64 bits per heavy atom. The highest BCUT2D eigenvalue weighted by atomic mass is 35.5. The molecule has 0 radical (unpaired) electrons. The van der Waals surface area contributed by atoms with Gasteiger partial charge in [0, 0.05) is 31.4 Å². The summed E-state index contributed by atoms with van der Waals surface area (Å²) in [6.07, 6.45) is 1.61. The average Bonchev–Trinajstić information content (AvgIpc) is 2.61. The highest BCUT2D eigenvalue weighted by Crippen LogP contribution is 2.28. The zero-order valence-electron chi connectivity index (χ0n) is 14.6. The largest absolute Gasteiger partial charge is 0.497 e. The third kappa shape index (κ3) is 4.90. The number of rotatable bonds is 7. The van der Waals surface area contributed by atoms with Gasteiger partial charge < -0.3 is 19.1 Å². The number of hydrogen-bond donors (Lipinski definition) is 0. The first-order chi connectivity index (χ1) is 11.9. The zero-order valence-corrected chi connectivity index (χ0v) is 15.3. The Morgan fingerprint density at radius 1 is 1.00 bits per heavy atom. The lowest BCUT2D eigenvalue weighted by Crippen LogP contribution is -2.15. The van der Waals surface area contributed by atoms with Gasteiger partial charge in [-0.2, -0.15) is 0 Å². The van der Waals surface area contributed by atoms with Crippen molar-refractivity contribution < 1.29 is 19.0 Å². The maximum Gasteiger partial charge on any atom is 0.233 e. The van der Waals surface area contributed by atoms with Gasteiger partial charge in [0.25, 0.3) is 0 Å². The summed E-state index contributed by atoms with van der Waals surface area (Å²) in [6, 6.07) is 11.8. The third-order valence-corrected chi connectivity index (χ3v) is 3.55. The molecule has 0 saturated heterocycles. The van der Waals surface area contributed by atoms with Gasteiger partial charge in [-0.1, -0.05) is 11.6 Å². The van der Waals surface area contributed by atoms with Crippen molar-refractivity contribution in [1.29, 1.82) is 0 Å². The molecular formula is C19H20ClNO4. The molecule has 0 N–H and O–H groups in total. The lowest BCUT2D eigenvalue weighted by molar-refractivity contribution is 0.0979. The maximum atomic E-state index is 13.0. The Labute approximate surface area is 152 Å². The van der Waals surface area contributed by atoms with Crippen LogP contribution in [-0.4, -0.2) is 39.0 Å². The molecule has 0 unspecified atom stereocenters. The van der Waals surface area contributed by atoms with Crippen LogP contribution in [0.5, 0.6) is 17.2 Å². The number of allylic oxidation sites excluding steroid dienone is 1. The molecule has 25 heavy (non-hydrogen) atoms. The number of nitrogens with zero attached hydrogens (tertiary/aromatic N) is 1. The van der Waals surface area contributed by atoms with Gasteiger partial charge in [0.2, 0.25) is 5.78 Å². The smallest absolute Gasteiger partial charge is 0.233 e. The van der Waals surface area contributed by atoms with Gasteiger partial charge >= 0.3 is 0 Å². The van der Waals surface area contributed by atoms with Crippen LogP contribution in [0.25, 0.3) is 0 Å². The van der Waals surface area contributed by atoms with E-state index >= 15 is 0 Å². The van der Waals surface area contributed by atoms with Gasteiger partial charge in [-0.05, 0) is 36.4 Å². The molecule has 0 aliphatic carbocycles. The van der Waals surface area contributed by atoms with E-state index in [2.05, 4.69) is 0 Å². The van der Waals surface area contributed by atoms with Crippen molar-refractivity contribution in [3.63, 3.8) is 0 Å². The average molecular weight is 362 g/mol. The molecule has 132 valence electrons. The highest BCUT2D eigenvalue weighted by molar-refractivity contribution is 6.30. The standard InChI is InChI=1S/C19H20ClNO4/c1-21(2)12-18(25-14-7-5-13(20)6-8-14)19(22)16-10-9-15(23-3)11-17(16)24-4/h5-12H,1-4H3/b18-12-. The molecule has 6 heteroatoms. The van der Waals surface area contributed by atoms with Gasteiger partial charge in [0.05, 0.1) is 19.8 Å². The molecule has 0 heterocycles. The molecule has 0 fully saturated rings. The van der Waals surface area contributed by atoms with Crippen LogP contribution >= 0.6 is 11.6 Å². The fourth-order valence-electron chi connectivity index (χ4n) is 2.11. The molecule has 2 aromatic carbocycles. The number of carbonyl (C=O) groups excluding carboxylic acids is 1. The van der Waals surface area contributed by atoms with Gasteiger partial charge in [-0.25, -0.2) is 0 Å². The van der Waals surface area contributed by atoms with E-state index in [4.69, 9.17) is 25.8 Å².